The molecule has 0 bridgehead atoms. The van der Waals surface area contributed by atoms with Crippen LogP contribution in [0.25, 0.3) is 10.9 Å². The number of ether oxygens (including phenoxy) is 3. The van der Waals surface area contributed by atoms with Crippen LogP contribution in [-0.4, -0.2) is 36.9 Å². The summed E-state index contributed by atoms with van der Waals surface area (Å²) in [4.78, 5) is 12.7. The topological polar surface area (TPSA) is 94.6 Å². The summed E-state index contributed by atoms with van der Waals surface area (Å²) in [5.74, 6) is 0.363. The normalized spacial score (nSPS) is 11.4. The number of aromatic nitrogens is 1. The van der Waals surface area contributed by atoms with Crippen molar-refractivity contribution < 1.29 is 24.1 Å². The highest BCUT2D eigenvalue weighted by Gasteiger charge is 2.20. The fraction of sp³-hybridized carbons (Fsp3) is 0.286. The second-order valence-electron chi connectivity index (χ2n) is 6.72. The number of azo groups is 1. The number of hydrogen-bond donors (Lipinski definition) is 1. The van der Waals surface area contributed by atoms with Crippen molar-refractivity contribution in [3.8, 4) is 23.1 Å². The van der Waals surface area contributed by atoms with Crippen LogP contribution in [0.3, 0.4) is 0 Å². The van der Waals surface area contributed by atoms with Crippen molar-refractivity contribution in [3.05, 3.63) is 40.4 Å². The lowest BCUT2D eigenvalue weighted by atomic mass is 10.1. The Balaban J connectivity index is 2.06. The molecule has 8 nitrogen and oxygen atoms in total. The minimum absolute atomic E-state index is 0.0107. The Hall–Kier alpha value is -3.07. The summed E-state index contributed by atoms with van der Waals surface area (Å²) in [7, 11) is 4.40. The molecular weight excluding hydrogens is 454 g/mol. The molecular formula is C21H22BrN3O5. The van der Waals surface area contributed by atoms with Gasteiger partial charge in [-0.3, -0.25) is 4.79 Å². The first kappa shape index (κ1) is 21.6. The Labute approximate surface area is 182 Å². The molecule has 0 atom stereocenters. The van der Waals surface area contributed by atoms with Gasteiger partial charge in [0.1, 0.15) is 0 Å². The van der Waals surface area contributed by atoms with Crippen LogP contribution in [0.4, 0.5) is 5.69 Å². The van der Waals surface area contributed by atoms with E-state index in [0.29, 0.717) is 22.6 Å². The standard InChI is InChI=1S/C21H22BrN3O5/c1-11(2)25-15-7-6-13(22)10-14(15)18(21(25)27)23-24-20(26)12-8-16(28-3)19(30-5)17(9-12)29-4/h6-11,27H,1-5H3. The van der Waals surface area contributed by atoms with Crippen molar-refractivity contribution >= 4 is 38.4 Å². The highest BCUT2D eigenvalue weighted by Crippen LogP contribution is 2.42. The smallest absolute Gasteiger partial charge is 0.295 e. The molecule has 3 rings (SSSR count). The number of carbonyl (C=O) groups excluding carboxylic acids is 1. The maximum atomic E-state index is 12.7. The molecule has 0 unspecified atom stereocenters. The minimum atomic E-state index is -0.617. The second kappa shape index (κ2) is 8.74. The molecule has 3 aromatic rings. The van der Waals surface area contributed by atoms with Gasteiger partial charge in [0.05, 0.1) is 32.4 Å². The summed E-state index contributed by atoms with van der Waals surface area (Å²) in [5, 5.41) is 19.3. The summed E-state index contributed by atoms with van der Waals surface area (Å²) in [5.41, 5.74) is 1.22. The fourth-order valence-electron chi connectivity index (χ4n) is 3.24. The second-order valence-corrected chi connectivity index (χ2v) is 7.63. The third kappa shape index (κ3) is 3.85. The number of carbonyl (C=O) groups is 1. The molecule has 2 aromatic carbocycles. The van der Waals surface area contributed by atoms with E-state index in [4.69, 9.17) is 14.2 Å². The Morgan fingerprint density at radius 1 is 1.07 bits per heavy atom. The van der Waals surface area contributed by atoms with E-state index in [1.165, 1.54) is 33.5 Å². The van der Waals surface area contributed by atoms with E-state index in [2.05, 4.69) is 26.2 Å². The molecule has 1 heterocycles. The van der Waals surface area contributed by atoms with Crippen molar-refractivity contribution in [1.82, 2.24) is 4.57 Å². The number of benzene rings is 2. The maximum absolute atomic E-state index is 12.7. The number of nitrogens with zero attached hydrogens (tertiary/aromatic N) is 3. The summed E-state index contributed by atoms with van der Waals surface area (Å²) in [6, 6.07) is 8.56. The first-order valence-corrected chi connectivity index (χ1v) is 9.90. The minimum Gasteiger partial charge on any atom is -0.493 e. The van der Waals surface area contributed by atoms with Crippen LogP contribution in [0.5, 0.6) is 23.1 Å². The van der Waals surface area contributed by atoms with Crippen LogP contribution in [0.1, 0.15) is 30.2 Å². The molecule has 0 aliphatic carbocycles. The predicted molar refractivity (Wildman–Crippen MR) is 117 cm³/mol. The average Bonchev–Trinajstić information content (AvgIpc) is 3.01. The molecule has 0 fully saturated rings. The summed E-state index contributed by atoms with van der Waals surface area (Å²) in [6.45, 7) is 3.90. The van der Waals surface area contributed by atoms with Crippen molar-refractivity contribution in [2.45, 2.75) is 19.9 Å². The zero-order valence-electron chi connectivity index (χ0n) is 17.3. The number of hydrogen-bond acceptors (Lipinski definition) is 6. The van der Waals surface area contributed by atoms with E-state index in [1.807, 2.05) is 32.0 Å². The van der Waals surface area contributed by atoms with Gasteiger partial charge in [0.15, 0.2) is 17.2 Å². The van der Waals surface area contributed by atoms with Crippen LogP contribution in [0.15, 0.2) is 45.0 Å². The van der Waals surface area contributed by atoms with Crippen LogP contribution in [-0.2, 0) is 0 Å². The van der Waals surface area contributed by atoms with Gasteiger partial charge in [0, 0.05) is 15.9 Å². The van der Waals surface area contributed by atoms with E-state index in [0.717, 1.165) is 9.99 Å². The lowest BCUT2D eigenvalue weighted by molar-refractivity contribution is 0.0994. The molecule has 0 saturated heterocycles. The zero-order valence-corrected chi connectivity index (χ0v) is 18.8. The van der Waals surface area contributed by atoms with Gasteiger partial charge in [-0.05, 0) is 44.2 Å². The van der Waals surface area contributed by atoms with Gasteiger partial charge in [-0.2, -0.15) is 0 Å². The number of rotatable bonds is 6. The number of fused-ring (bicyclic) bond motifs is 1. The van der Waals surface area contributed by atoms with Crippen molar-refractivity contribution in [1.29, 1.82) is 0 Å². The Morgan fingerprint density at radius 3 is 2.23 bits per heavy atom. The third-order valence-corrected chi connectivity index (χ3v) is 5.08. The summed E-state index contributed by atoms with van der Waals surface area (Å²) < 4.78 is 18.4. The zero-order chi connectivity index (χ0) is 22.0. The molecule has 0 aliphatic heterocycles. The first-order chi connectivity index (χ1) is 14.3. The first-order valence-electron chi connectivity index (χ1n) is 9.10. The van der Waals surface area contributed by atoms with Gasteiger partial charge >= 0.3 is 0 Å². The largest absolute Gasteiger partial charge is 0.493 e. The molecule has 0 spiro atoms. The van der Waals surface area contributed by atoms with E-state index in [9.17, 15) is 9.90 Å². The summed E-state index contributed by atoms with van der Waals surface area (Å²) in [6.07, 6.45) is 0. The number of methoxy groups -OCH3 is 3. The predicted octanol–water partition coefficient (Wildman–Crippen LogP) is 5.64. The van der Waals surface area contributed by atoms with E-state index in [1.54, 1.807) is 4.57 Å². The number of halogens is 1. The molecule has 1 N–H and O–H groups in total. The lowest BCUT2D eigenvalue weighted by Gasteiger charge is -2.12. The Morgan fingerprint density at radius 2 is 1.70 bits per heavy atom. The monoisotopic (exact) mass is 475 g/mol. The quantitative estimate of drug-likeness (QED) is 0.465. The highest BCUT2D eigenvalue weighted by molar-refractivity contribution is 9.10. The molecule has 0 aliphatic rings. The SMILES string of the molecule is COc1cc(C(=O)N=Nc2c(O)n(C(C)C)c3ccc(Br)cc23)cc(OC)c1OC. The van der Waals surface area contributed by atoms with Gasteiger partial charge in [-0.15, -0.1) is 10.2 Å². The van der Waals surface area contributed by atoms with Crippen molar-refractivity contribution in [2.75, 3.05) is 21.3 Å². The molecule has 0 saturated carbocycles. The third-order valence-electron chi connectivity index (χ3n) is 4.58. The molecule has 0 radical (unpaired) electrons. The van der Waals surface area contributed by atoms with Crippen LogP contribution < -0.4 is 14.2 Å². The molecule has 9 heteroatoms. The molecule has 30 heavy (non-hydrogen) atoms. The highest BCUT2D eigenvalue weighted by atomic mass is 79.9. The molecule has 158 valence electrons. The van der Waals surface area contributed by atoms with E-state index < -0.39 is 5.91 Å². The molecule has 1 amide bonds. The van der Waals surface area contributed by atoms with Crippen molar-refractivity contribution in [3.63, 3.8) is 0 Å². The number of aromatic hydroxyl groups is 1. The van der Waals surface area contributed by atoms with Gasteiger partial charge in [0.25, 0.3) is 5.91 Å². The van der Waals surface area contributed by atoms with E-state index in [-0.39, 0.29) is 23.2 Å². The maximum Gasteiger partial charge on any atom is 0.295 e. The number of amides is 1. The average molecular weight is 476 g/mol. The Bertz CT molecular complexity index is 1110. The van der Waals surface area contributed by atoms with Crippen LogP contribution >= 0.6 is 15.9 Å². The van der Waals surface area contributed by atoms with Crippen molar-refractivity contribution in [2.24, 2.45) is 10.2 Å². The van der Waals surface area contributed by atoms with Crippen LogP contribution in [0, 0.1) is 0 Å². The van der Waals surface area contributed by atoms with Gasteiger partial charge in [-0.1, -0.05) is 15.9 Å². The fourth-order valence-corrected chi connectivity index (χ4v) is 3.60. The van der Waals surface area contributed by atoms with E-state index >= 15 is 0 Å². The Kier molecular flexibility index (Phi) is 6.31. The van der Waals surface area contributed by atoms with Gasteiger partial charge in [0.2, 0.25) is 11.6 Å². The molecule has 1 aromatic heterocycles. The van der Waals surface area contributed by atoms with Crippen LogP contribution in [0.2, 0.25) is 0 Å². The lowest BCUT2D eigenvalue weighted by Crippen LogP contribution is -2.00. The van der Waals surface area contributed by atoms with Gasteiger partial charge < -0.3 is 23.9 Å². The van der Waals surface area contributed by atoms with Gasteiger partial charge in [-0.25, -0.2) is 0 Å². The summed E-state index contributed by atoms with van der Waals surface area (Å²) >= 11 is 3.43.